The van der Waals surface area contributed by atoms with Gasteiger partial charge in [0.25, 0.3) is 0 Å². The molecule has 25 heavy (non-hydrogen) atoms. The number of aliphatic carboxylic acids is 1. The molecule has 0 heterocycles. The first-order chi connectivity index (χ1) is 11.8. The number of halogens is 3. The van der Waals surface area contributed by atoms with Crippen LogP contribution in [0, 0.1) is 5.92 Å². The molecule has 0 aliphatic heterocycles. The van der Waals surface area contributed by atoms with Crippen molar-refractivity contribution in [1.82, 2.24) is 0 Å². The Balaban J connectivity index is 2.25. The zero-order chi connectivity index (χ0) is 18.6. The van der Waals surface area contributed by atoms with Crippen LogP contribution in [0.2, 0.25) is 15.1 Å². The Hall–Kier alpha value is -2.08. The third kappa shape index (κ3) is 4.95. The molecular formula is C17H13Cl3N2O3. The van der Waals surface area contributed by atoms with E-state index < -0.39 is 11.9 Å². The predicted molar refractivity (Wildman–Crippen MR) is 100 cm³/mol. The van der Waals surface area contributed by atoms with Gasteiger partial charge in [-0.2, -0.15) is 5.10 Å². The van der Waals surface area contributed by atoms with Crippen LogP contribution < -0.4 is 5.43 Å². The highest BCUT2D eigenvalue weighted by Crippen LogP contribution is 2.25. The molecule has 0 bridgehead atoms. The lowest BCUT2D eigenvalue weighted by Gasteiger charge is -2.12. The largest absolute Gasteiger partial charge is 0.477 e. The van der Waals surface area contributed by atoms with Crippen molar-refractivity contribution in [3.63, 3.8) is 0 Å². The van der Waals surface area contributed by atoms with Gasteiger partial charge in [0, 0.05) is 15.6 Å². The Morgan fingerprint density at radius 3 is 2.20 bits per heavy atom. The molecule has 0 aliphatic rings. The maximum atomic E-state index is 12.5. The van der Waals surface area contributed by atoms with Gasteiger partial charge in [-0.05, 0) is 49.4 Å². The van der Waals surface area contributed by atoms with E-state index in [4.69, 9.17) is 34.8 Å². The lowest BCUT2D eigenvalue weighted by Crippen LogP contribution is -2.29. The Kier molecular flexibility index (Phi) is 6.42. The number of anilines is 1. The minimum Gasteiger partial charge on any atom is -0.477 e. The molecule has 2 aromatic rings. The molecule has 1 atom stereocenters. The molecule has 0 fully saturated rings. The number of rotatable bonds is 6. The Morgan fingerprint density at radius 2 is 1.64 bits per heavy atom. The summed E-state index contributed by atoms with van der Waals surface area (Å²) in [7, 11) is 0. The van der Waals surface area contributed by atoms with E-state index in [-0.39, 0.29) is 16.5 Å². The van der Waals surface area contributed by atoms with Crippen LogP contribution in [0.25, 0.3) is 0 Å². The van der Waals surface area contributed by atoms with Crippen molar-refractivity contribution in [3.8, 4) is 0 Å². The molecular weight excluding hydrogens is 387 g/mol. The average Bonchev–Trinajstić information content (AvgIpc) is 2.56. The van der Waals surface area contributed by atoms with Crippen LogP contribution in [-0.2, 0) is 4.79 Å². The molecule has 0 saturated carbocycles. The van der Waals surface area contributed by atoms with E-state index in [0.717, 1.165) is 0 Å². The summed E-state index contributed by atoms with van der Waals surface area (Å²) in [4.78, 5) is 24.0. The van der Waals surface area contributed by atoms with E-state index in [1.807, 2.05) is 0 Å². The number of carbonyl (C=O) groups is 2. The van der Waals surface area contributed by atoms with Gasteiger partial charge >= 0.3 is 5.97 Å². The third-order valence-electron chi connectivity index (χ3n) is 3.38. The van der Waals surface area contributed by atoms with Crippen LogP contribution in [0.15, 0.2) is 47.6 Å². The molecule has 0 aliphatic carbocycles. The maximum absolute atomic E-state index is 12.5. The Labute approximate surface area is 159 Å². The lowest BCUT2D eigenvalue weighted by atomic mass is 9.95. The summed E-state index contributed by atoms with van der Waals surface area (Å²) in [5.74, 6) is -2.67. The second-order valence-corrected chi connectivity index (χ2v) is 6.41. The first kappa shape index (κ1) is 19.2. The Morgan fingerprint density at radius 1 is 1.04 bits per heavy atom. The molecule has 130 valence electrons. The molecule has 0 aromatic heterocycles. The highest BCUT2D eigenvalue weighted by molar-refractivity contribution is 6.41. The van der Waals surface area contributed by atoms with Gasteiger partial charge in [-0.15, -0.1) is 0 Å². The van der Waals surface area contributed by atoms with Gasteiger partial charge in [0.1, 0.15) is 0 Å². The van der Waals surface area contributed by atoms with Crippen molar-refractivity contribution in [1.29, 1.82) is 0 Å². The quantitative estimate of drug-likeness (QED) is 0.406. The fourth-order valence-electron chi connectivity index (χ4n) is 2.02. The van der Waals surface area contributed by atoms with E-state index in [1.165, 1.54) is 25.1 Å². The average molecular weight is 400 g/mol. The number of benzene rings is 2. The molecule has 5 nitrogen and oxygen atoms in total. The highest BCUT2D eigenvalue weighted by Gasteiger charge is 2.26. The summed E-state index contributed by atoms with van der Waals surface area (Å²) in [6.07, 6.45) is 0. The van der Waals surface area contributed by atoms with Crippen LogP contribution in [0.3, 0.4) is 0 Å². The summed E-state index contributed by atoms with van der Waals surface area (Å²) in [5, 5.41) is 14.4. The van der Waals surface area contributed by atoms with Crippen LogP contribution in [0.1, 0.15) is 17.3 Å². The van der Waals surface area contributed by atoms with Crippen molar-refractivity contribution in [2.75, 3.05) is 5.43 Å². The van der Waals surface area contributed by atoms with Crippen molar-refractivity contribution >= 4 is 58.0 Å². The first-order valence-electron chi connectivity index (χ1n) is 7.11. The highest BCUT2D eigenvalue weighted by atomic mass is 35.5. The van der Waals surface area contributed by atoms with Gasteiger partial charge < -0.3 is 5.11 Å². The molecule has 0 spiro atoms. The zero-order valence-electron chi connectivity index (χ0n) is 13.0. The number of carboxylic acid groups (broad SMARTS) is 1. The minimum absolute atomic E-state index is 0.276. The summed E-state index contributed by atoms with van der Waals surface area (Å²) in [6, 6.07) is 10.8. The molecule has 2 aromatic carbocycles. The number of hydrogen-bond acceptors (Lipinski definition) is 4. The molecule has 0 radical (unpaired) electrons. The maximum Gasteiger partial charge on any atom is 0.352 e. The number of Topliss-reactive ketones (excluding diaryl/α,β-unsaturated/α-hetero) is 1. The summed E-state index contributed by atoms with van der Waals surface area (Å²) >= 11 is 17.6. The first-order valence-corrected chi connectivity index (χ1v) is 8.24. The van der Waals surface area contributed by atoms with Gasteiger partial charge in [-0.25, -0.2) is 4.79 Å². The second kappa shape index (κ2) is 8.34. The van der Waals surface area contributed by atoms with E-state index in [0.29, 0.717) is 21.3 Å². The van der Waals surface area contributed by atoms with E-state index >= 15 is 0 Å². The smallest absolute Gasteiger partial charge is 0.352 e. The third-order valence-corrected chi connectivity index (χ3v) is 4.18. The van der Waals surface area contributed by atoms with E-state index in [1.54, 1.807) is 24.3 Å². The summed E-state index contributed by atoms with van der Waals surface area (Å²) in [6.45, 7) is 1.47. The molecule has 1 unspecified atom stereocenters. The number of nitrogens with zero attached hydrogens (tertiary/aromatic N) is 1. The minimum atomic E-state index is -1.31. The lowest BCUT2D eigenvalue weighted by molar-refractivity contribution is -0.129. The van der Waals surface area contributed by atoms with Crippen molar-refractivity contribution in [2.45, 2.75) is 6.92 Å². The SMILES string of the molecule is CC(C(=O)c1ccc(Cl)cc1)/C(=N/Nc1ccc(Cl)cc1Cl)C(=O)O. The van der Waals surface area contributed by atoms with E-state index in [2.05, 4.69) is 10.5 Å². The fraction of sp³-hybridized carbons (Fsp3) is 0.118. The number of hydrogen-bond donors (Lipinski definition) is 2. The van der Waals surface area contributed by atoms with Gasteiger partial charge in [-0.1, -0.05) is 34.8 Å². The number of ketones is 1. The van der Waals surface area contributed by atoms with Crippen molar-refractivity contribution < 1.29 is 14.7 Å². The predicted octanol–water partition coefficient (Wildman–Crippen LogP) is 5.02. The Bertz CT molecular complexity index is 836. The fourth-order valence-corrected chi connectivity index (χ4v) is 2.60. The molecule has 0 saturated heterocycles. The summed E-state index contributed by atoms with van der Waals surface area (Å²) in [5.41, 5.74) is 2.93. The van der Waals surface area contributed by atoms with Crippen LogP contribution in [0.5, 0.6) is 0 Å². The molecule has 8 heteroatoms. The second-order valence-electron chi connectivity index (χ2n) is 5.13. The molecule has 0 amide bonds. The number of nitrogens with one attached hydrogen (secondary N) is 1. The monoisotopic (exact) mass is 398 g/mol. The number of hydrazone groups is 1. The molecule has 2 N–H and O–H groups in total. The molecule has 2 rings (SSSR count). The van der Waals surface area contributed by atoms with Crippen molar-refractivity contribution in [3.05, 3.63) is 63.1 Å². The standard InChI is InChI=1S/C17H13Cl3N2O3/c1-9(16(23)10-2-4-11(18)5-3-10)15(17(24)25)22-21-14-7-6-12(19)8-13(14)20/h2-9,21H,1H3,(H,24,25)/b22-15-. The van der Waals surface area contributed by atoms with Crippen LogP contribution >= 0.6 is 34.8 Å². The van der Waals surface area contributed by atoms with Gasteiger partial charge in [-0.3, -0.25) is 10.2 Å². The normalized spacial score (nSPS) is 12.6. The zero-order valence-corrected chi connectivity index (χ0v) is 15.2. The summed E-state index contributed by atoms with van der Waals surface area (Å²) < 4.78 is 0. The van der Waals surface area contributed by atoms with E-state index in [9.17, 15) is 14.7 Å². The number of carbonyl (C=O) groups excluding carboxylic acids is 1. The number of carboxylic acids is 1. The van der Waals surface area contributed by atoms with Gasteiger partial charge in [0.15, 0.2) is 11.5 Å². The topological polar surface area (TPSA) is 78.8 Å². The van der Waals surface area contributed by atoms with Crippen molar-refractivity contribution in [2.24, 2.45) is 11.0 Å². The van der Waals surface area contributed by atoms with Gasteiger partial charge in [0.2, 0.25) is 0 Å². The van der Waals surface area contributed by atoms with Crippen LogP contribution in [-0.4, -0.2) is 22.6 Å². The van der Waals surface area contributed by atoms with Crippen LogP contribution in [0.4, 0.5) is 5.69 Å². The van der Waals surface area contributed by atoms with Gasteiger partial charge in [0.05, 0.1) is 16.6 Å².